The number of nitrogens with one attached hydrogen (secondary N) is 1. The number of thiazole rings is 1. The van der Waals surface area contributed by atoms with E-state index < -0.39 is 0 Å². The average Bonchev–Trinajstić information content (AvgIpc) is 2.83. The van der Waals surface area contributed by atoms with Gasteiger partial charge in [-0.3, -0.25) is 0 Å². The number of rotatable bonds is 3. The molecule has 80 valence electrons. The van der Waals surface area contributed by atoms with Crippen LogP contribution >= 0.6 is 11.3 Å². The van der Waals surface area contributed by atoms with E-state index in [1.165, 1.54) is 0 Å². The van der Waals surface area contributed by atoms with Crippen molar-refractivity contribution in [1.29, 1.82) is 5.26 Å². The molecule has 1 aromatic heterocycles. The SMILES string of the molecule is CC(Nc1ccccc1C#N)c1nccs1. The molecule has 2 aromatic rings. The van der Waals surface area contributed by atoms with Gasteiger partial charge in [0.2, 0.25) is 0 Å². The minimum Gasteiger partial charge on any atom is -0.375 e. The summed E-state index contributed by atoms with van der Waals surface area (Å²) in [6.45, 7) is 2.03. The molecular formula is C12H11N3S. The van der Waals surface area contributed by atoms with Gasteiger partial charge in [0.1, 0.15) is 11.1 Å². The summed E-state index contributed by atoms with van der Waals surface area (Å²) >= 11 is 1.61. The van der Waals surface area contributed by atoms with Gasteiger partial charge in [-0.05, 0) is 19.1 Å². The van der Waals surface area contributed by atoms with E-state index >= 15 is 0 Å². The van der Waals surface area contributed by atoms with E-state index in [0.717, 1.165) is 10.7 Å². The van der Waals surface area contributed by atoms with E-state index in [4.69, 9.17) is 5.26 Å². The molecule has 0 bridgehead atoms. The first-order valence-corrected chi connectivity index (χ1v) is 5.84. The number of hydrogen-bond acceptors (Lipinski definition) is 4. The Morgan fingerprint density at radius 2 is 2.25 bits per heavy atom. The molecule has 0 aliphatic heterocycles. The Morgan fingerprint density at radius 1 is 1.44 bits per heavy atom. The average molecular weight is 229 g/mol. The van der Waals surface area contributed by atoms with Crippen molar-refractivity contribution in [2.24, 2.45) is 0 Å². The molecule has 1 unspecified atom stereocenters. The quantitative estimate of drug-likeness (QED) is 0.879. The number of aromatic nitrogens is 1. The third kappa shape index (κ3) is 2.20. The van der Waals surface area contributed by atoms with Crippen LogP contribution in [0, 0.1) is 11.3 Å². The number of benzene rings is 1. The molecule has 3 nitrogen and oxygen atoms in total. The van der Waals surface area contributed by atoms with Crippen molar-refractivity contribution in [2.75, 3.05) is 5.32 Å². The number of para-hydroxylation sites is 1. The normalized spacial score (nSPS) is 11.8. The molecule has 1 heterocycles. The minimum atomic E-state index is 0.120. The van der Waals surface area contributed by atoms with Crippen LogP contribution in [0.2, 0.25) is 0 Å². The molecule has 16 heavy (non-hydrogen) atoms. The number of hydrogen-bond donors (Lipinski definition) is 1. The Hall–Kier alpha value is -1.86. The van der Waals surface area contributed by atoms with Crippen LogP contribution in [-0.2, 0) is 0 Å². The van der Waals surface area contributed by atoms with Gasteiger partial charge in [-0.25, -0.2) is 4.98 Å². The fourth-order valence-electron chi connectivity index (χ4n) is 1.45. The van der Waals surface area contributed by atoms with Crippen LogP contribution in [0.3, 0.4) is 0 Å². The molecule has 1 aromatic carbocycles. The minimum absolute atomic E-state index is 0.120. The van der Waals surface area contributed by atoms with Crippen LogP contribution < -0.4 is 5.32 Å². The second kappa shape index (κ2) is 4.77. The third-order valence-corrected chi connectivity index (χ3v) is 3.20. The van der Waals surface area contributed by atoms with Gasteiger partial charge >= 0.3 is 0 Å². The van der Waals surface area contributed by atoms with Crippen LogP contribution in [0.1, 0.15) is 23.5 Å². The standard InChI is InChI=1S/C12H11N3S/c1-9(12-14-6-7-16-12)15-11-5-3-2-4-10(11)8-13/h2-7,9,15H,1H3. The Balaban J connectivity index is 2.19. The molecular weight excluding hydrogens is 218 g/mol. The maximum absolute atomic E-state index is 8.96. The van der Waals surface area contributed by atoms with Crippen molar-refractivity contribution in [2.45, 2.75) is 13.0 Å². The summed E-state index contributed by atoms with van der Waals surface area (Å²) in [5.41, 5.74) is 1.51. The van der Waals surface area contributed by atoms with E-state index in [1.54, 1.807) is 23.6 Å². The van der Waals surface area contributed by atoms with Crippen molar-refractivity contribution in [3.05, 3.63) is 46.4 Å². The summed E-state index contributed by atoms with van der Waals surface area (Å²) in [4.78, 5) is 4.24. The zero-order valence-corrected chi connectivity index (χ0v) is 9.66. The summed E-state index contributed by atoms with van der Waals surface area (Å²) < 4.78 is 0. The Bertz CT molecular complexity index is 499. The van der Waals surface area contributed by atoms with Crippen LogP contribution in [0.15, 0.2) is 35.8 Å². The van der Waals surface area contributed by atoms with Gasteiger partial charge in [-0.1, -0.05) is 12.1 Å². The van der Waals surface area contributed by atoms with E-state index in [0.29, 0.717) is 5.56 Å². The highest BCUT2D eigenvalue weighted by atomic mass is 32.1. The van der Waals surface area contributed by atoms with Gasteiger partial charge in [0.05, 0.1) is 17.3 Å². The molecule has 0 radical (unpaired) electrons. The number of anilines is 1. The fourth-order valence-corrected chi connectivity index (χ4v) is 2.10. The van der Waals surface area contributed by atoms with Crippen LogP contribution in [0.25, 0.3) is 0 Å². The lowest BCUT2D eigenvalue weighted by atomic mass is 10.2. The summed E-state index contributed by atoms with van der Waals surface area (Å²) in [5.74, 6) is 0. The number of nitriles is 1. The molecule has 1 atom stereocenters. The smallest absolute Gasteiger partial charge is 0.115 e. The highest BCUT2D eigenvalue weighted by molar-refractivity contribution is 7.09. The molecule has 0 amide bonds. The number of nitrogens with zero attached hydrogens (tertiary/aromatic N) is 2. The summed E-state index contributed by atoms with van der Waals surface area (Å²) in [7, 11) is 0. The van der Waals surface area contributed by atoms with E-state index in [-0.39, 0.29) is 6.04 Å². The molecule has 1 N–H and O–H groups in total. The van der Waals surface area contributed by atoms with Crippen LogP contribution in [-0.4, -0.2) is 4.98 Å². The molecule has 4 heteroatoms. The first-order valence-electron chi connectivity index (χ1n) is 4.96. The molecule has 0 fully saturated rings. The zero-order valence-electron chi connectivity index (χ0n) is 8.84. The predicted molar refractivity (Wildman–Crippen MR) is 65.3 cm³/mol. The first-order chi connectivity index (χ1) is 7.81. The van der Waals surface area contributed by atoms with Gasteiger partial charge < -0.3 is 5.32 Å². The highest BCUT2D eigenvalue weighted by Gasteiger charge is 2.09. The maximum atomic E-state index is 8.96. The monoisotopic (exact) mass is 229 g/mol. The fraction of sp³-hybridized carbons (Fsp3) is 0.167. The molecule has 0 aliphatic rings. The van der Waals surface area contributed by atoms with Crippen LogP contribution in [0.4, 0.5) is 5.69 Å². The predicted octanol–water partition coefficient (Wildman–Crippen LogP) is 3.19. The second-order valence-electron chi connectivity index (χ2n) is 3.39. The largest absolute Gasteiger partial charge is 0.375 e. The summed E-state index contributed by atoms with van der Waals surface area (Å²) in [6.07, 6.45) is 1.79. The van der Waals surface area contributed by atoms with E-state index in [2.05, 4.69) is 16.4 Å². The Kier molecular flexibility index (Phi) is 3.18. The van der Waals surface area contributed by atoms with Gasteiger partial charge in [-0.15, -0.1) is 11.3 Å². The topological polar surface area (TPSA) is 48.7 Å². The van der Waals surface area contributed by atoms with Gasteiger partial charge in [-0.2, -0.15) is 5.26 Å². The zero-order chi connectivity index (χ0) is 11.4. The van der Waals surface area contributed by atoms with Crippen molar-refractivity contribution in [3.63, 3.8) is 0 Å². The Labute approximate surface area is 98.4 Å². The van der Waals surface area contributed by atoms with Crippen molar-refractivity contribution < 1.29 is 0 Å². The van der Waals surface area contributed by atoms with Crippen LogP contribution in [0.5, 0.6) is 0 Å². The lowest BCUT2D eigenvalue weighted by molar-refractivity contribution is 0.869. The maximum Gasteiger partial charge on any atom is 0.115 e. The van der Waals surface area contributed by atoms with Gasteiger partial charge in [0.25, 0.3) is 0 Å². The summed E-state index contributed by atoms with van der Waals surface area (Å²) in [6, 6.07) is 9.77. The van der Waals surface area contributed by atoms with Crippen molar-refractivity contribution in [3.8, 4) is 6.07 Å². The summed E-state index contributed by atoms with van der Waals surface area (Å²) in [5, 5.41) is 15.2. The lowest BCUT2D eigenvalue weighted by Crippen LogP contribution is -2.07. The first kappa shape index (κ1) is 10.7. The Morgan fingerprint density at radius 3 is 2.94 bits per heavy atom. The van der Waals surface area contributed by atoms with Gasteiger partial charge in [0.15, 0.2) is 0 Å². The third-order valence-electron chi connectivity index (χ3n) is 2.24. The lowest BCUT2D eigenvalue weighted by Gasteiger charge is -2.13. The molecule has 0 spiro atoms. The molecule has 0 aliphatic carbocycles. The molecule has 2 rings (SSSR count). The van der Waals surface area contributed by atoms with Gasteiger partial charge in [0, 0.05) is 11.6 Å². The van der Waals surface area contributed by atoms with Crippen molar-refractivity contribution >= 4 is 17.0 Å². The second-order valence-corrected chi connectivity index (χ2v) is 4.32. The highest BCUT2D eigenvalue weighted by Crippen LogP contribution is 2.22. The van der Waals surface area contributed by atoms with E-state index in [9.17, 15) is 0 Å². The van der Waals surface area contributed by atoms with Crippen molar-refractivity contribution in [1.82, 2.24) is 4.98 Å². The molecule has 0 saturated heterocycles. The van der Waals surface area contributed by atoms with E-state index in [1.807, 2.05) is 30.5 Å². The molecule has 0 saturated carbocycles.